The van der Waals surface area contributed by atoms with Crippen molar-refractivity contribution in [1.29, 1.82) is 0 Å². The number of H-pyrrole nitrogens is 1. The first kappa shape index (κ1) is 30.7. The van der Waals surface area contributed by atoms with Crippen LogP contribution in [0.4, 0.5) is 0 Å². The van der Waals surface area contributed by atoms with Gasteiger partial charge in [-0.25, -0.2) is 34.6 Å². The van der Waals surface area contributed by atoms with Crippen molar-refractivity contribution in [3.63, 3.8) is 0 Å². The number of aromatic amines is 1. The third-order valence-electron chi connectivity index (χ3n) is 6.34. The molecule has 0 aliphatic heterocycles. The average molecular weight is 682 g/mol. The number of aromatic nitrogens is 12. The van der Waals surface area contributed by atoms with Crippen molar-refractivity contribution in [2.45, 2.75) is 0 Å². The fourth-order valence-corrected chi connectivity index (χ4v) is 4.49. The van der Waals surface area contributed by atoms with Gasteiger partial charge in [-0.05, 0) is 64.5 Å². The van der Waals surface area contributed by atoms with Crippen molar-refractivity contribution in [3.05, 3.63) is 152 Å². The van der Waals surface area contributed by atoms with E-state index in [-0.39, 0.29) is 0 Å². The Hall–Kier alpha value is -6.34. The van der Waals surface area contributed by atoms with Crippen LogP contribution in [-0.4, -0.2) is 59.8 Å². The molecule has 8 rings (SSSR count). The monoisotopic (exact) mass is 680 g/mol. The van der Waals surface area contributed by atoms with Gasteiger partial charge in [0.05, 0.1) is 12.4 Å². The molecule has 12 nitrogen and oxygen atoms in total. The van der Waals surface area contributed by atoms with Gasteiger partial charge in [0.25, 0.3) is 0 Å². The van der Waals surface area contributed by atoms with Crippen molar-refractivity contribution in [2.75, 3.05) is 0 Å². The van der Waals surface area contributed by atoms with Crippen LogP contribution in [0.5, 0.6) is 0 Å². The molecule has 0 amide bonds. The van der Waals surface area contributed by atoms with Gasteiger partial charge < -0.3 is 0 Å². The van der Waals surface area contributed by atoms with Crippen LogP contribution in [0.15, 0.2) is 152 Å². The van der Waals surface area contributed by atoms with Crippen LogP contribution in [0, 0.1) is 0 Å². The Morgan fingerprint density at radius 1 is 0.532 bits per heavy atom. The lowest BCUT2D eigenvalue weighted by molar-refractivity contribution is 0.847. The third-order valence-corrected chi connectivity index (χ3v) is 6.79. The first-order chi connectivity index (χ1) is 23.2. The molecule has 13 heteroatoms. The zero-order valence-electron chi connectivity index (χ0n) is 24.7. The van der Waals surface area contributed by atoms with E-state index in [1.54, 1.807) is 66.4 Å². The highest BCUT2D eigenvalue weighted by Crippen LogP contribution is 2.20. The van der Waals surface area contributed by atoms with E-state index < -0.39 is 0 Å². The topological polar surface area (TPSA) is 150 Å². The standard InChI is InChI=1S/C17H12N6.C9H6BrN3.C8H7N3/c1-5-15(17-19-8-3-9-20-17)22-16(6-1)23-12-14(11-21-23)13-4-2-7-18-10-13;10-8-4-1-3-7(13-8)9-11-5-2-6-12-9;1-2-7(4-9-3-1)8-5-10-11-6-8/h1-12H;1-6H;1-6H,(H,10,11). The molecule has 0 fully saturated rings. The van der Waals surface area contributed by atoms with E-state index in [9.17, 15) is 0 Å². The number of halogens is 1. The second kappa shape index (κ2) is 15.6. The second-order valence-electron chi connectivity index (χ2n) is 9.52. The molecule has 0 atom stereocenters. The minimum atomic E-state index is 0.592. The highest BCUT2D eigenvalue weighted by Gasteiger charge is 2.07. The summed E-state index contributed by atoms with van der Waals surface area (Å²) >= 11 is 3.29. The van der Waals surface area contributed by atoms with E-state index in [4.69, 9.17) is 0 Å². The van der Waals surface area contributed by atoms with Crippen LogP contribution >= 0.6 is 15.9 Å². The van der Waals surface area contributed by atoms with Gasteiger partial charge in [0, 0.05) is 84.2 Å². The van der Waals surface area contributed by atoms with Gasteiger partial charge in [0.1, 0.15) is 16.0 Å². The zero-order chi connectivity index (χ0) is 32.1. The van der Waals surface area contributed by atoms with Crippen LogP contribution in [0.3, 0.4) is 0 Å². The van der Waals surface area contributed by atoms with E-state index in [0.717, 1.165) is 32.6 Å². The highest BCUT2D eigenvalue weighted by molar-refractivity contribution is 9.10. The summed E-state index contributed by atoms with van der Waals surface area (Å²) in [6.07, 6.45) is 21.3. The number of nitrogens with zero attached hydrogens (tertiary/aromatic N) is 11. The van der Waals surface area contributed by atoms with Crippen molar-refractivity contribution in [2.24, 2.45) is 0 Å². The molecule has 0 spiro atoms. The first-order valence-electron chi connectivity index (χ1n) is 14.2. The Labute approximate surface area is 277 Å². The molecule has 0 radical (unpaired) electrons. The maximum Gasteiger partial charge on any atom is 0.178 e. The average Bonchev–Trinajstić information content (AvgIpc) is 3.88. The summed E-state index contributed by atoms with van der Waals surface area (Å²) in [5.41, 5.74) is 5.64. The van der Waals surface area contributed by atoms with Gasteiger partial charge in [-0.1, -0.05) is 24.3 Å². The van der Waals surface area contributed by atoms with Gasteiger partial charge in [-0.2, -0.15) is 10.2 Å². The minimum absolute atomic E-state index is 0.592. The third kappa shape index (κ3) is 8.44. The molecule has 0 unspecified atom stereocenters. The molecule has 0 bridgehead atoms. The van der Waals surface area contributed by atoms with Crippen molar-refractivity contribution >= 4 is 15.9 Å². The Bertz CT molecular complexity index is 2090. The summed E-state index contributed by atoms with van der Waals surface area (Å²) < 4.78 is 2.52. The van der Waals surface area contributed by atoms with Crippen molar-refractivity contribution in [1.82, 2.24) is 59.8 Å². The number of pyridine rings is 4. The minimum Gasteiger partial charge on any atom is -0.285 e. The van der Waals surface area contributed by atoms with E-state index in [1.165, 1.54) is 0 Å². The van der Waals surface area contributed by atoms with Crippen molar-refractivity contribution < 1.29 is 0 Å². The molecular weight excluding hydrogens is 656 g/mol. The summed E-state index contributed by atoms with van der Waals surface area (Å²) in [4.78, 5) is 33.6. The zero-order valence-corrected chi connectivity index (χ0v) is 26.2. The quantitative estimate of drug-likeness (QED) is 0.198. The lowest BCUT2D eigenvalue weighted by Crippen LogP contribution is -1.99. The Kier molecular flexibility index (Phi) is 10.2. The molecule has 8 heterocycles. The molecule has 0 aliphatic rings. The summed E-state index contributed by atoms with van der Waals surface area (Å²) in [5, 5.41) is 11.0. The number of hydrogen-bond acceptors (Lipinski definition) is 10. The molecule has 47 heavy (non-hydrogen) atoms. The predicted molar refractivity (Wildman–Crippen MR) is 180 cm³/mol. The Morgan fingerprint density at radius 3 is 1.72 bits per heavy atom. The summed E-state index contributed by atoms with van der Waals surface area (Å²) in [7, 11) is 0. The molecule has 0 aliphatic carbocycles. The second-order valence-corrected chi connectivity index (χ2v) is 10.3. The largest absolute Gasteiger partial charge is 0.285 e. The SMILES string of the molecule is Brc1cccc(-c2ncccn2)n1.c1cnc(-c2cccc(-n3cc(-c4cccnc4)cn3)n2)nc1.c1cncc(-c2cn[nH]c2)c1. The van der Waals surface area contributed by atoms with Gasteiger partial charge in [0.2, 0.25) is 0 Å². The Morgan fingerprint density at radius 2 is 1.15 bits per heavy atom. The Balaban J connectivity index is 0.000000136. The molecule has 0 saturated carbocycles. The van der Waals surface area contributed by atoms with E-state index in [1.807, 2.05) is 85.5 Å². The van der Waals surface area contributed by atoms with Crippen LogP contribution in [0.2, 0.25) is 0 Å². The summed E-state index contributed by atoms with van der Waals surface area (Å²) in [5.74, 6) is 1.95. The van der Waals surface area contributed by atoms with Crippen molar-refractivity contribution in [3.8, 4) is 51.1 Å². The van der Waals surface area contributed by atoms with Gasteiger partial charge >= 0.3 is 0 Å². The molecule has 1 N–H and O–H groups in total. The fraction of sp³-hybridized carbons (Fsp3) is 0. The predicted octanol–water partition coefficient (Wildman–Crippen LogP) is 6.56. The lowest BCUT2D eigenvalue weighted by Gasteiger charge is -2.03. The van der Waals surface area contributed by atoms with Gasteiger partial charge in [-0.3, -0.25) is 15.1 Å². The highest BCUT2D eigenvalue weighted by atomic mass is 79.9. The van der Waals surface area contributed by atoms with E-state index in [0.29, 0.717) is 23.2 Å². The van der Waals surface area contributed by atoms with Gasteiger partial charge in [-0.15, -0.1) is 0 Å². The lowest BCUT2D eigenvalue weighted by atomic mass is 10.2. The van der Waals surface area contributed by atoms with Crippen LogP contribution in [0.1, 0.15) is 0 Å². The molecular formula is C34H25BrN12. The normalized spacial score (nSPS) is 10.2. The number of rotatable bonds is 5. The number of hydrogen-bond donors (Lipinski definition) is 1. The fourth-order valence-electron chi connectivity index (χ4n) is 4.14. The van der Waals surface area contributed by atoms with Gasteiger partial charge in [0.15, 0.2) is 17.5 Å². The maximum atomic E-state index is 4.58. The molecule has 228 valence electrons. The van der Waals surface area contributed by atoms with E-state index >= 15 is 0 Å². The van der Waals surface area contributed by atoms with Crippen LogP contribution in [0.25, 0.3) is 51.1 Å². The number of nitrogens with one attached hydrogen (secondary N) is 1. The molecule has 0 saturated heterocycles. The smallest absolute Gasteiger partial charge is 0.178 e. The van der Waals surface area contributed by atoms with E-state index in [2.05, 4.69) is 71.1 Å². The van der Waals surface area contributed by atoms with Crippen LogP contribution < -0.4 is 0 Å². The molecule has 0 aromatic carbocycles. The molecule has 8 aromatic rings. The summed E-state index contributed by atoms with van der Waals surface area (Å²) in [6.45, 7) is 0. The maximum absolute atomic E-state index is 4.58. The van der Waals surface area contributed by atoms with Crippen LogP contribution in [-0.2, 0) is 0 Å². The molecule has 8 aromatic heterocycles. The first-order valence-corrected chi connectivity index (χ1v) is 15.0. The summed E-state index contributed by atoms with van der Waals surface area (Å²) in [6, 6.07) is 22.7.